The number of hydrogen-bond donors (Lipinski definition) is 1. The van der Waals surface area contributed by atoms with Crippen molar-refractivity contribution in [2.45, 2.75) is 39.0 Å². The second-order valence-electron chi connectivity index (χ2n) is 8.74. The normalized spacial score (nSPS) is 17.6. The number of piperidine rings is 1. The van der Waals surface area contributed by atoms with E-state index < -0.39 is 0 Å². The molecule has 1 saturated heterocycles. The average molecular weight is 448 g/mol. The van der Waals surface area contributed by atoms with Crippen LogP contribution in [0, 0.1) is 18.7 Å². The number of aryl methyl sites for hydroxylation is 1. The van der Waals surface area contributed by atoms with E-state index in [1.807, 2.05) is 19.1 Å². The van der Waals surface area contributed by atoms with Gasteiger partial charge >= 0.3 is 0 Å². The molecule has 8 heteroatoms. The molecule has 0 bridgehead atoms. The Morgan fingerprint density at radius 1 is 1.12 bits per heavy atom. The van der Waals surface area contributed by atoms with Crippen LogP contribution in [-0.2, 0) is 17.6 Å². The zero-order valence-electron chi connectivity index (χ0n) is 18.6. The third-order valence-corrected chi connectivity index (χ3v) is 6.54. The fourth-order valence-electron chi connectivity index (χ4n) is 4.79. The van der Waals surface area contributed by atoms with Crippen molar-refractivity contribution in [3.8, 4) is 5.69 Å². The van der Waals surface area contributed by atoms with Crippen LogP contribution in [0.2, 0.25) is 0 Å². The van der Waals surface area contributed by atoms with E-state index in [9.17, 15) is 14.0 Å². The SMILES string of the molecule is Cc1cccnc1NC(=O)C1CCCN(C(=O)c2nn(-c3ccccc3F)c3c2CCC3)C1. The minimum absolute atomic E-state index is 0.128. The minimum Gasteiger partial charge on any atom is -0.336 e. The second kappa shape index (κ2) is 8.77. The Bertz CT molecular complexity index is 1220. The molecule has 0 saturated carbocycles. The molecule has 1 aromatic carbocycles. The van der Waals surface area contributed by atoms with Gasteiger partial charge in [-0.05, 0) is 62.8 Å². The topological polar surface area (TPSA) is 80.1 Å². The molecular weight excluding hydrogens is 421 g/mol. The molecule has 1 aliphatic carbocycles. The molecule has 1 unspecified atom stereocenters. The van der Waals surface area contributed by atoms with Crippen LogP contribution in [0.3, 0.4) is 0 Å². The lowest BCUT2D eigenvalue weighted by Crippen LogP contribution is -2.44. The fourth-order valence-corrected chi connectivity index (χ4v) is 4.79. The van der Waals surface area contributed by atoms with Crippen molar-refractivity contribution in [2.24, 2.45) is 5.92 Å². The smallest absolute Gasteiger partial charge is 0.274 e. The number of nitrogens with zero attached hydrogens (tertiary/aromatic N) is 4. The Kier molecular flexibility index (Phi) is 5.66. The maximum absolute atomic E-state index is 14.5. The van der Waals surface area contributed by atoms with Crippen molar-refractivity contribution in [1.29, 1.82) is 0 Å². The first-order valence-electron chi connectivity index (χ1n) is 11.4. The third kappa shape index (κ3) is 4.01. The van der Waals surface area contributed by atoms with E-state index in [0.717, 1.165) is 42.5 Å². The van der Waals surface area contributed by atoms with Gasteiger partial charge in [-0.15, -0.1) is 0 Å². The van der Waals surface area contributed by atoms with Crippen LogP contribution in [0.1, 0.15) is 46.6 Å². The van der Waals surface area contributed by atoms with Crippen molar-refractivity contribution in [1.82, 2.24) is 19.7 Å². The molecule has 3 heterocycles. The molecule has 2 aliphatic rings. The van der Waals surface area contributed by atoms with Gasteiger partial charge in [-0.1, -0.05) is 18.2 Å². The average Bonchev–Trinajstić information content (AvgIpc) is 3.44. The molecule has 2 amide bonds. The lowest BCUT2D eigenvalue weighted by atomic mass is 9.96. The van der Waals surface area contributed by atoms with E-state index in [0.29, 0.717) is 36.7 Å². The lowest BCUT2D eigenvalue weighted by Gasteiger charge is -2.31. The van der Waals surface area contributed by atoms with Gasteiger partial charge in [0.1, 0.15) is 17.3 Å². The van der Waals surface area contributed by atoms with Crippen LogP contribution >= 0.6 is 0 Å². The summed E-state index contributed by atoms with van der Waals surface area (Å²) in [5.41, 5.74) is 3.44. The lowest BCUT2D eigenvalue weighted by molar-refractivity contribution is -0.121. The number of likely N-dealkylation sites (tertiary alicyclic amines) is 1. The Hall–Kier alpha value is -3.55. The predicted octanol–water partition coefficient (Wildman–Crippen LogP) is 3.69. The molecule has 0 spiro atoms. The highest BCUT2D eigenvalue weighted by molar-refractivity contribution is 5.96. The number of carbonyl (C=O) groups is 2. The van der Waals surface area contributed by atoms with Gasteiger partial charge in [0.25, 0.3) is 5.91 Å². The van der Waals surface area contributed by atoms with Crippen molar-refractivity contribution in [2.75, 3.05) is 18.4 Å². The molecule has 3 aromatic rings. The number of para-hydroxylation sites is 1. The number of fused-ring (bicyclic) bond motifs is 1. The predicted molar refractivity (Wildman–Crippen MR) is 122 cm³/mol. The van der Waals surface area contributed by atoms with Crippen LogP contribution < -0.4 is 5.32 Å². The Morgan fingerprint density at radius 3 is 2.79 bits per heavy atom. The molecule has 170 valence electrons. The number of anilines is 1. The fraction of sp³-hybridized carbons (Fsp3) is 0.360. The molecule has 1 aliphatic heterocycles. The summed E-state index contributed by atoms with van der Waals surface area (Å²) in [6.45, 7) is 2.80. The van der Waals surface area contributed by atoms with Crippen molar-refractivity contribution < 1.29 is 14.0 Å². The van der Waals surface area contributed by atoms with Crippen LogP contribution in [-0.4, -0.2) is 44.6 Å². The molecular formula is C25H26FN5O2. The quantitative estimate of drug-likeness (QED) is 0.662. The summed E-state index contributed by atoms with van der Waals surface area (Å²) in [6.07, 6.45) is 5.52. The van der Waals surface area contributed by atoms with Crippen LogP contribution in [0.25, 0.3) is 5.69 Å². The van der Waals surface area contributed by atoms with E-state index in [-0.39, 0.29) is 23.5 Å². The Balaban J connectivity index is 1.37. The molecule has 1 fully saturated rings. The number of hydrogen-bond acceptors (Lipinski definition) is 4. The molecule has 33 heavy (non-hydrogen) atoms. The summed E-state index contributed by atoms with van der Waals surface area (Å²) in [5, 5.41) is 7.47. The van der Waals surface area contributed by atoms with E-state index in [4.69, 9.17) is 0 Å². The maximum Gasteiger partial charge on any atom is 0.274 e. The number of nitrogens with one attached hydrogen (secondary N) is 1. The molecule has 2 aromatic heterocycles. The summed E-state index contributed by atoms with van der Waals surface area (Å²) < 4.78 is 16.0. The first kappa shape index (κ1) is 21.3. The van der Waals surface area contributed by atoms with Crippen molar-refractivity contribution >= 4 is 17.6 Å². The van der Waals surface area contributed by atoms with Crippen molar-refractivity contribution in [3.63, 3.8) is 0 Å². The molecule has 5 rings (SSSR count). The summed E-state index contributed by atoms with van der Waals surface area (Å²) >= 11 is 0. The number of amides is 2. The standard InChI is InChI=1S/C25H26FN5O2/c1-16-7-5-13-27-23(16)28-24(32)17-8-6-14-30(15-17)25(33)22-18-9-4-12-20(18)31(29-22)21-11-3-2-10-19(21)26/h2-3,5,7,10-11,13,17H,4,6,8-9,12,14-15H2,1H3,(H,27,28,32). The van der Waals surface area contributed by atoms with E-state index in [1.54, 1.807) is 34.0 Å². The molecule has 1 atom stereocenters. The van der Waals surface area contributed by atoms with Gasteiger partial charge in [0.2, 0.25) is 5.91 Å². The zero-order chi connectivity index (χ0) is 22.9. The van der Waals surface area contributed by atoms with Gasteiger partial charge in [0, 0.05) is 30.5 Å². The van der Waals surface area contributed by atoms with Crippen LogP contribution in [0.5, 0.6) is 0 Å². The number of halogens is 1. The minimum atomic E-state index is -0.367. The third-order valence-electron chi connectivity index (χ3n) is 6.54. The van der Waals surface area contributed by atoms with Gasteiger partial charge in [-0.2, -0.15) is 5.10 Å². The highest BCUT2D eigenvalue weighted by Crippen LogP contribution is 2.30. The number of rotatable bonds is 4. The summed E-state index contributed by atoms with van der Waals surface area (Å²) in [5.74, 6) is -0.447. The number of aromatic nitrogens is 3. The zero-order valence-corrected chi connectivity index (χ0v) is 18.6. The largest absolute Gasteiger partial charge is 0.336 e. The summed E-state index contributed by atoms with van der Waals surface area (Å²) in [4.78, 5) is 32.3. The second-order valence-corrected chi connectivity index (χ2v) is 8.74. The molecule has 0 radical (unpaired) electrons. The van der Waals surface area contributed by atoms with Gasteiger partial charge in [-0.3, -0.25) is 9.59 Å². The Labute approximate surface area is 191 Å². The van der Waals surface area contributed by atoms with E-state index >= 15 is 0 Å². The monoisotopic (exact) mass is 447 g/mol. The molecule has 7 nitrogen and oxygen atoms in total. The Morgan fingerprint density at radius 2 is 1.97 bits per heavy atom. The van der Waals surface area contributed by atoms with Gasteiger partial charge < -0.3 is 10.2 Å². The summed E-state index contributed by atoms with van der Waals surface area (Å²) in [6, 6.07) is 10.2. The summed E-state index contributed by atoms with van der Waals surface area (Å²) in [7, 11) is 0. The van der Waals surface area contributed by atoms with Gasteiger partial charge in [-0.25, -0.2) is 14.1 Å². The van der Waals surface area contributed by atoms with Gasteiger partial charge in [0.05, 0.1) is 5.92 Å². The van der Waals surface area contributed by atoms with E-state index in [1.165, 1.54) is 6.07 Å². The van der Waals surface area contributed by atoms with Gasteiger partial charge in [0.15, 0.2) is 5.69 Å². The number of pyridine rings is 1. The first-order valence-corrected chi connectivity index (χ1v) is 11.4. The van der Waals surface area contributed by atoms with E-state index in [2.05, 4.69) is 15.4 Å². The van der Waals surface area contributed by atoms with Crippen LogP contribution in [0.15, 0.2) is 42.6 Å². The van der Waals surface area contributed by atoms with Crippen LogP contribution in [0.4, 0.5) is 10.2 Å². The number of benzene rings is 1. The highest BCUT2D eigenvalue weighted by Gasteiger charge is 2.34. The molecule has 1 N–H and O–H groups in total. The number of carbonyl (C=O) groups excluding carboxylic acids is 2. The first-order chi connectivity index (χ1) is 16.0. The maximum atomic E-state index is 14.5. The highest BCUT2D eigenvalue weighted by atomic mass is 19.1. The van der Waals surface area contributed by atoms with Crippen molar-refractivity contribution in [3.05, 3.63) is 70.9 Å².